The van der Waals surface area contributed by atoms with Crippen LogP contribution in [0.2, 0.25) is 0 Å². The van der Waals surface area contributed by atoms with Crippen molar-refractivity contribution in [2.45, 2.75) is 16.3 Å². The molecule has 9 nitrogen and oxygen atoms in total. The van der Waals surface area contributed by atoms with Crippen molar-refractivity contribution in [3.8, 4) is 5.75 Å². The van der Waals surface area contributed by atoms with E-state index < -0.39 is 32.5 Å². The first-order chi connectivity index (χ1) is 16.5. The number of nitrogens with one attached hydrogen (secondary N) is 1. The smallest absolute Gasteiger partial charge is 0.243 e. The number of ether oxygens (including phenoxy) is 1. The van der Waals surface area contributed by atoms with Crippen LogP contribution in [0, 0.1) is 0 Å². The van der Waals surface area contributed by atoms with Gasteiger partial charge in [-0.15, -0.1) is 0 Å². The van der Waals surface area contributed by atoms with Crippen molar-refractivity contribution < 1.29 is 26.4 Å². The van der Waals surface area contributed by atoms with Crippen LogP contribution in [0.4, 0.5) is 5.69 Å². The van der Waals surface area contributed by atoms with Crippen LogP contribution in [-0.2, 0) is 31.4 Å². The van der Waals surface area contributed by atoms with Gasteiger partial charge in [-0.3, -0.25) is 4.79 Å². The van der Waals surface area contributed by atoms with Crippen LogP contribution in [0.5, 0.6) is 5.75 Å². The molecular formula is C24H27N3O6S2. The third-order valence-corrected chi connectivity index (χ3v) is 8.77. The van der Waals surface area contributed by atoms with Crippen molar-refractivity contribution in [1.82, 2.24) is 8.61 Å². The van der Waals surface area contributed by atoms with E-state index in [4.69, 9.17) is 4.74 Å². The molecule has 0 heterocycles. The molecule has 0 saturated carbocycles. The molecule has 186 valence electrons. The summed E-state index contributed by atoms with van der Waals surface area (Å²) < 4.78 is 58.9. The van der Waals surface area contributed by atoms with Crippen LogP contribution < -0.4 is 10.1 Å². The van der Waals surface area contributed by atoms with Gasteiger partial charge in [0.1, 0.15) is 5.75 Å². The molecule has 0 unspecified atom stereocenters. The number of nitrogens with zero attached hydrogens (tertiary/aromatic N) is 2. The predicted molar refractivity (Wildman–Crippen MR) is 133 cm³/mol. The summed E-state index contributed by atoms with van der Waals surface area (Å²) in [6, 6.07) is 20.4. The Morgan fingerprint density at radius 2 is 1.34 bits per heavy atom. The first kappa shape index (κ1) is 26.4. The number of rotatable bonds is 10. The third kappa shape index (κ3) is 6.45. The van der Waals surface area contributed by atoms with Crippen LogP contribution in [0.25, 0.3) is 0 Å². The highest BCUT2D eigenvalue weighted by atomic mass is 32.2. The zero-order valence-electron chi connectivity index (χ0n) is 19.6. The van der Waals surface area contributed by atoms with E-state index in [1.54, 1.807) is 54.6 Å². The Bertz CT molecular complexity index is 1360. The maximum atomic E-state index is 13.5. The van der Waals surface area contributed by atoms with Crippen molar-refractivity contribution in [1.29, 1.82) is 0 Å². The predicted octanol–water partition coefficient (Wildman–Crippen LogP) is 2.78. The Morgan fingerprint density at radius 1 is 0.800 bits per heavy atom. The molecule has 0 aliphatic carbocycles. The quantitative estimate of drug-likeness (QED) is 0.443. The lowest BCUT2D eigenvalue weighted by atomic mass is 10.2. The van der Waals surface area contributed by atoms with Crippen LogP contribution in [0.1, 0.15) is 5.56 Å². The highest BCUT2D eigenvalue weighted by Gasteiger charge is 2.28. The summed E-state index contributed by atoms with van der Waals surface area (Å²) in [4.78, 5) is 12.6. The van der Waals surface area contributed by atoms with Gasteiger partial charge in [-0.05, 0) is 54.1 Å². The number of amides is 1. The minimum absolute atomic E-state index is 0.0371. The summed E-state index contributed by atoms with van der Waals surface area (Å²) in [7, 11) is -3.56. The number of anilines is 1. The summed E-state index contributed by atoms with van der Waals surface area (Å²) in [5.41, 5.74) is 1.19. The molecule has 0 radical (unpaired) electrons. The summed E-state index contributed by atoms with van der Waals surface area (Å²) in [5.74, 6) is 0.0998. The Balaban J connectivity index is 1.91. The molecular weight excluding hydrogens is 490 g/mol. The molecule has 1 N–H and O–H groups in total. The molecule has 0 saturated heterocycles. The SMILES string of the molecule is COc1ccc(CN(CC(=O)Nc2ccccc2)S(=O)(=O)c2ccc(S(=O)(=O)N(C)C)cc2)cc1. The van der Waals surface area contributed by atoms with E-state index in [9.17, 15) is 21.6 Å². The first-order valence-corrected chi connectivity index (χ1v) is 13.4. The van der Waals surface area contributed by atoms with Gasteiger partial charge in [0.15, 0.2) is 0 Å². The maximum Gasteiger partial charge on any atom is 0.243 e. The minimum Gasteiger partial charge on any atom is -0.497 e. The Kier molecular flexibility index (Phi) is 8.28. The molecule has 3 aromatic carbocycles. The minimum atomic E-state index is -4.15. The average Bonchev–Trinajstić information content (AvgIpc) is 2.84. The first-order valence-electron chi connectivity index (χ1n) is 10.5. The second kappa shape index (κ2) is 11.0. The van der Waals surface area contributed by atoms with Crippen LogP contribution >= 0.6 is 0 Å². The monoisotopic (exact) mass is 517 g/mol. The van der Waals surface area contributed by atoms with Crippen molar-refractivity contribution in [3.63, 3.8) is 0 Å². The molecule has 0 aromatic heterocycles. The molecule has 0 aliphatic heterocycles. The van der Waals surface area contributed by atoms with Crippen molar-refractivity contribution in [3.05, 3.63) is 84.4 Å². The highest BCUT2D eigenvalue weighted by Crippen LogP contribution is 2.22. The fraction of sp³-hybridized carbons (Fsp3) is 0.208. The van der Waals surface area contributed by atoms with Crippen LogP contribution in [0.3, 0.4) is 0 Å². The lowest BCUT2D eigenvalue weighted by Gasteiger charge is -2.22. The molecule has 0 fully saturated rings. The zero-order chi connectivity index (χ0) is 25.6. The van der Waals surface area contributed by atoms with Crippen molar-refractivity contribution >= 4 is 31.6 Å². The summed E-state index contributed by atoms with van der Waals surface area (Å²) in [6.07, 6.45) is 0. The number of carbonyl (C=O) groups excluding carboxylic acids is 1. The Morgan fingerprint density at radius 3 is 1.86 bits per heavy atom. The number of hydrogen-bond acceptors (Lipinski definition) is 6. The van der Waals surface area contributed by atoms with Crippen LogP contribution in [-0.4, -0.2) is 59.1 Å². The molecule has 0 atom stereocenters. The fourth-order valence-corrected chi connectivity index (χ4v) is 5.47. The van der Waals surface area contributed by atoms with E-state index in [1.165, 1.54) is 45.5 Å². The number of carbonyl (C=O) groups is 1. The van der Waals surface area contributed by atoms with Gasteiger partial charge in [-0.2, -0.15) is 4.31 Å². The molecule has 3 aromatic rings. The zero-order valence-corrected chi connectivity index (χ0v) is 21.2. The molecule has 0 spiro atoms. The summed E-state index contributed by atoms with van der Waals surface area (Å²) in [5, 5.41) is 2.69. The number of hydrogen-bond donors (Lipinski definition) is 1. The standard InChI is InChI=1S/C24H27N3O6S2/c1-26(2)34(29,30)22-13-15-23(16-14-22)35(31,32)27(17-19-9-11-21(33-3)12-10-19)18-24(28)25-20-7-5-4-6-8-20/h4-16H,17-18H2,1-3H3,(H,25,28). The number of benzene rings is 3. The molecule has 0 bridgehead atoms. The topological polar surface area (TPSA) is 113 Å². The average molecular weight is 518 g/mol. The molecule has 11 heteroatoms. The van der Waals surface area contributed by atoms with Gasteiger partial charge in [0.2, 0.25) is 26.0 Å². The number of para-hydroxylation sites is 1. The van der Waals surface area contributed by atoms with Crippen LogP contribution in [0.15, 0.2) is 88.7 Å². The lowest BCUT2D eigenvalue weighted by Crippen LogP contribution is -2.37. The van der Waals surface area contributed by atoms with E-state index in [0.29, 0.717) is 17.0 Å². The normalized spacial score (nSPS) is 12.0. The Hall–Kier alpha value is -3.25. The molecule has 3 rings (SSSR count). The van der Waals surface area contributed by atoms with E-state index >= 15 is 0 Å². The third-order valence-electron chi connectivity index (χ3n) is 5.14. The lowest BCUT2D eigenvalue weighted by molar-refractivity contribution is -0.116. The molecule has 1 amide bonds. The summed E-state index contributed by atoms with van der Waals surface area (Å²) >= 11 is 0. The number of methoxy groups -OCH3 is 1. The number of sulfonamides is 2. The maximum absolute atomic E-state index is 13.5. The molecule has 35 heavy (non-hydrogen) atoms. The molecule has 0 aliphatic rings. The van der Waals surface area contributed by atoms with Gasteiger partial charge in [0, 0.05) is 26.3 Å². The van der Waals surface area contributed by atoms with E-state index in [-0.39, 0.29) is 16.3 Å². The van der Waals surface area contributed by atoms with Gasteiger partial charge in [0.25, 0.3) is 0 Å². The highest BCUT2D eigenvalue weighted by molar-refractivity contribution is 7.89. The second-order valence-electron chi connectivity index (χ2n) is 7.79. The largest absolute Gasteiger partial charge is 0.497 e. The van der Waals surface area contributed by atoms with E-state index in [1.807, 2.05) is 0 Å². The van der Waals surface area contributed by atoms with Gasteiger partial charge in [0.05, 0.1) is 23.4 Å². The Labute approximate surface area is 206 Å². The second-order valence-corrected chi connectivity index (χ2v) is 11.9. The van der Waals surface area contributed by atoms with Crippen molar-refractivity contribution in [2.75, 3.05) is 33.1 Å². The van der Waals surface area contributed by atoms with Gasteiger partial charge >= 0.3 is 0 Å². The van der Waals surface area contributed by atoms with Gasteiger partial charge in [-0.1, -0.05) is 30.3 Å². The van der Waals surface area contributed by atoms with Gasteiger partial charge < -0.3 is 10.1 Å². The fourth-order valence-electron chi connectivity index (χ4n) is 3.19. The van der Waals surface area contributed by atoms with Gasteiger partial charge in [-0.25, -0.2) is 21.1 Å². The van der Waals surface area contributed by atoms with E-state index in [2.05, 4.69) is 5.32 Å². The summed E-state index contributed by atoms with van der Waals surface area (Å²) in [6.45, 7) is -0.521. The van der Waals surface area contributed by atoms with Crippen molar-refractivity contribution in [2.24, 2.45) is 0 Å². The van der Waals surface area contributed by atoms with E-state index in [0.717, 1.165) is 8.61 Å².